The Labute approximate surface area is 162 Å². The van der Waals surface area contributed by atoms with Crippen molar-refractivity contribution in [2.75, 3.05) is 25.6 Å². The molecule has 6 heteroatoms. The number of nitrogens with one attached hydrogen (secondary N) is 1. The molecule has 0 aromatic heterocycles. The largest absolute Gasteiger partial charge is 0.467 e. The molecule has 2 rings (SSSR count). The maximum atomic E-state index is 12.6. The first-order valence-corrected chi connectivity index (χ1v) is 9.21. The summed E-state index contributed by atoms with van der Waals surface area (Å²) >= 11 is 3.36. The Morgan fingerprint density at radius 3 is 2.27 bits per heavy atom. The molecule has 1 N–H and O–H groups in total. The fraction of sp³-hybridized carbons (Fsp3) is 0.300. The van der Waals surface area contributed by atoms with Crippen LogP contribution in [0.3, 0.4) is 0 Å². The summed E-state index contributed by atoms with van der Waals surface area (Å²) in [6.07, 6.45) is 1.05. The molecule has 1 unspecified atom stereocenters. The Hall–Kier alpha value is -2.34. The summed E-state index contributed by atoms with van der Waals surface area (Å²) in [5, 5.41) is 2.75. The van der Waals surface area contributed by atoms with Crippen LogP contribution in [0.2, 0.25) is 0 Å². The summed E-state index contributed by atoms with van der Waals surface area (Å²) in [4.78, 5) is 26.8. The molecule has 0 aliphatic heterocycles. The van der Waals surface area contributed by atoms with E-state index < -0.39 is 12.0 Å². The van der Waals surface area contributed by atoms with Crippen LogP contribution in [0.5, 0.6) is 0 Å². The van der Waals surface area contributed by atoms with Crippen LogP contribution in [0.4, 0.5) is 5.69 Å². The molecule has 0 bridgehead atoms. The van der Waals surface area contributed by atoms with E-state index in [1.165, 1.54) is 7.11 Å². The van der Waals surface area contributed by atoms with Crippen molar-refractivity contribution in [3.63, 3.8) is 0 Å². The van der Waals surface area contributed by atoms with E-state index in [0.29, 0.717) is 11.1 Å². The van der Waals surface area contributed by atoms with Gasteiger partial charge in [-0.1, -0.05) is 35.0 Å². The van der Waals surface area contributed by atoms with Crippen LogP contribution < -0.4 is 10.2 Å². The third-order valence-corrected chi connectivity index (χ3v) is 4.57. The topological polar surface area (TPSA) is 58.6 Å². The maximum absolute atomic E-state index is 12.6. The first kappa shape index (κ1) is 20.0. The molecule has 5 nitrogen and oxygen atoms in total. The molecule has 0 spiro atoms. The molecule has 0 aliphatic carbocycles. The van der Waals surface area contributed by atoms with Crippen LogP contribution in [0, 0.1) is 0 Å². The van der Waals surface area contributed by atoms with E-state index in [2.05, 4.69) is 33.1 Å². The van der Waals surface area contributed by atoms with Crippen molar-refractivity contribution >= 4 is 33.5 Å². The third-order valence-electron chi connectivity index (χ3n) is 4.04. The van der Waals surface area contributed by atoms with Gasteiger partial charge in [0.15, 0.2) is 6.04 Å². The van der Waals surface area contributed by atoms with E-state index in [0.717, 1.165) is 23.1 Å². The van der Waals surface area contributed by atoms with Gasteiger partial charge in [0.25, 0.3) is 5.91 Å². The Balaban J connectivity index is 2.16. The number of anilines is 1. The SMILES string of the molecule is CCCN(C)c1ccc(C(=O)NC(C(=O)OC)c2ccc(Br)cc2)cc1. The summed E-state index contributed by atoms with van der Waals surface area (Å²) in [7, 11) is 3.32. The molecule has 1 atom stereocenters. The number of esters is 1. The first-order chi connectivity index (χ1) is 12.5. The number of carbonyl (C=O) groups excluding carboxylic acids is 2. The summed E-state index contributed by atoms with van der Waals surface area (Å²) in [6, 6.07) is 13.6. The van der Waals surface area contributed by atoms with Gasteiger partial charge in [0.1, 0.15) is 0 Å². The van der Waals surface area contributed by atoms with Gasteiger partial charge in [0.2, 0.25) is 0 Å². The first-order valence-electron chi connectivity index (χ1n) is 8.41. The molecule has 0 radical (unpaired) electrons. The Morgan fingerprint density at radius 1 is 1.12 bits per heavy atom. The predicted molar refractivity (Wildman–Crippen MR) is 106 cm³/mol. The predicted octanol–water partition coefficient (Wildman–Crippen LogP) is 3.94. The van der Waals surface area contributed by atoms with Crippen LogP contribution >= 0.6 is 15.9 Å². The van der Waals surface area contributed by atoms with Crippen molar-refractivity contribution in [2.24, 2.45) is 0 Å². The number of nitrogens with zero attached hydrogens (tertiary/aromatic N) is 1. The number of rotatable bonds is 7. The highest BCUT2D eigenvalue weighted by Gasteiger charge is 2.24. The standard InChI is InChI=1S/C20H23BrN2O3/c1-4-13-23(2)17-11-7-15(8-12-17)19(24)22-18(20(25)26-3)14-5-9-16(21)10-6-14/h5-12,18H,4,13H2,1-3H3,(H,22,24). The fourth-order valence-electron chi connectivity index (χ4n) is 2.60. The van der Waals surface area contributed by atoms with Crippen LogP contribution in [-0.4, -0.2) is 32.6 Å². The number of ether oxygens (including phenoxy) is 1. The van der Waals surface area contributed by atoms with Crippen LogP contribution in [0.15, 0.2) is 53.0 Å². The van der Waals surface area contributed by atoms with Gasteiger partial charge in [-0.3, -0.25) is 4.79 Å². The monoisotopic (exact) mass is 418 g/mol. The zero-order chi connectivity index (χ0) is 19.1. The highest BCUT2D eigenvalue weighted by molar-refractivity contribution is 9.10. The molecule has 0 aliphatic rings. The second kappa shape index (κ2) is 9.38. The third kappa shape index (κ3) is 5.08. The molecular weight excluding hydrogens is 396 g/mol. The normalized spacial score (nSPS) is 11.5. The number of benzene rings is 2. The lowest BCUT2D eigenvalue weighted by Gasteiger charge is -2.19. The number of methoxy groups -OCH3 is 1. The molecule has 26 heavy (non-hydrogen) atoms. The van der Waals surface area contributed by atoms with Crippen molar-refractivity contribution in [1.82, 2.24) is 5.32 Å². The number of halogens is 1. The van der Waals surface area contributed by atoms with Crippen molar-refractivity contribution in [2.45, 2.75) is 19.4 Å². The molecule has 0 saturated heterocycles. The van der Waals surface area contributed by atoms with Crippen molar-refractivity contribution in [1.29, 1.82) is 0 Å². The zero-order valence-corrected chi connectivity index (χ0v) is 16.7. The number of hydrogen-bond acceptors (Lipinski definition) is 4. The lowest BCUT2D eigenvalue weighted by molar-refractivity contribution is -0.143. The lowest BCUT2D eigenvalue weighted by atomic mass is 10.1. The van der Waals surface area contributed by atoms with E-state index in [9.17, 15) is 9.59 Å². The van der Waals surface area contributed by atoms with Crippen molar-refractivity contribution in [3.05, 3.63) is 64.1 Å². The van der Waals surface area contributed by atoms with Gasteiger partial charge in [-0.05, 0) is 48.4 Å². The zero-order valence-electron chi connectivity index (χ0n) is 15.2. The van der Waals surface area contributed by atoms with Crippen molar-refractivity contribution < 1.29 is 14.3 Å². The Kier molecular flexibility index (Phi) is 7.21. The van der Waals surface area contributed by atoms with Gasteiger partial charge >= 0.3 is 5.97 Å². The van der Waals surface area contributed by atoms with Gasteiger partial charge < -0.3 is 15.0 Å². The van der Waals surface area contributed by atoms with E-state index in [1.54, 1.807) is 24.3 Å². The average molecular weight is 419 g/mol. The molecule has 2 aromatic rings. The minimum atomic E-state index is -0.858. The molecule has 0 saturated carbocycles. The van der Waals surface area contributed by atoms with Crippen LogP contribution in [-0.2, 0) is 9.53 Å². The fourth-order valence-corrected chi connectivity index (χ4v) is 2.86. The van der Waals surface area contributed by atoms with Crippen molar-refractivity contribution in [3.8, 4) is 0 Å². The molecule has 0 heterocycles. The summed E-state index contributed by atoms with van der Waals surface area (Å²) < 4.78 is 5.73. The number of carbonyl (C=O) groups is 2. The quantitative estimate of drug-likeness (QED) is 0.691. The minimum absolute atomic E-state index is 0.326. The van der Waals surface area contributed by atoms with Crippen LogP contribution in [0.1, 0.15) is 35.3 Å². The average Bonchev–Trinajstić information content (AvgIpc) is 2.66. The maximum Gasteiger partial charge on any atom is 0.333 e. The Bertz CT molecular complexity index is 745. The molecular formula is C20H23BrN2O3. The lowest BCUT2D eigenvalue weighted by Crippen LogP contribution is -2.34. The highest BCUT2D eigenvalue weighted by atomic mass is 79.9. The number of hydrogen-bond donors (Lipinski definition) is 1. The highest BCUT2D eigenvalue weighted by Crippen LogP contribution is 2.20. The second-order valence-electron chi connectivity index (χ2n) is 5.95. The van der Waals surface area contributed by atoms with Gasteiger partial charge in [0, 0.05) is 29.3 Å². The van der Waals surface area contributed by atoms with Gasteiger partial charge in [-0.25, -0.2) is 4.79 Å². The summed E-state index contributed by atoms with van der Waals surface area (Å²) in [5.41, 5.74) is 2.19. The summed E-state index contributed by atoms with van der Waals surface area (Å²) in [6.45, 7) is 3.06. The number of amides is 1. The molecule has 138 valence electrons. The smallest absolute Gasteiger partial charge is 0.333 e. The van der Waals surface area contributed by atoms with E-state index in [1.807, 2.05) is 31.3 Å². The van der Waals surface area contributed by atoms with Gasteiger partial charge in [-0.15, -0.1) is 0 Å². The van der Waals surface area contributed by atoms with Crippen LogP contribution in [0.25, 0.3) is 0 Å². The molecule has 2 aromatic carbocycles. The summed E-state index contributed by atoms with van der Waals surface area (Å²) in [5.74, 6) is -0.840. The molecule has 0 fully saturated rings. The van der Waals surface area contributed by atoms with Gasteiger partial charge in [0.05, 0.1) is 7.11 Å². The minimum Gasteiger partial charge on any atom is -0.467 e. The van der Waals surface area contributed by atoms with E-state index in [-0.39, 0.29) is 5.91 Å². The van der Waals surface area contributed by atoms with Gasteiger partial charge in [-0.2, -0.15) is 0 Å². The van der Waals surface area contributed by atoms with E-state index >= 15 is 0 Å². The second-order valence-corrected chi connectivity index (χ2v) is 6.87. The van der Waals surface area contributed by atoms with E-state index in [4.69, 9.17) is 4.74 Å². The molecule has 1 amide bonds. The Morgan fingerprint density at radius 2 is 1.73 bits per heavy atom.